The second kappa shape index (κ2) is 6.63. The van der Waals surface area contributed by atoms with Crippen LogP contribution >= 0.6 is 0 Å². The van der Waals surface area contributed by atoms with Crippen LogP contribution in [0.25, 0.3) is 0 Å². The Balaban J connectivity index is 1.41. The van der Waals surface area contributed by atoms with E-state index >= 15 is 0 Å². The number of aromatic amines is 1. The normalized spacial score (nSPS) is 19.7. The first-order valence-corrected chi connectivity index (χ1v) is 9.16. The standard InChI is InChI=1S/C18H25N5O2/c1-22-11-8-19-17(22)16(24)12-6-9-23(10-7-12)18(25)15-13-4-2-3-5-14(13)20-21-15/h8,11-12,16,24H,2-7,9-10H2,1H3,(H,20,21). The lowest BCUT2D eigenvalue weighted by Gasteiger charge is -2.33. The average molecular weight is 343 g/mol. The van der Waals surface area contributed by atoms with E-state index in [2.05, 4.69) is 15.2 Å². The summed E-state index contributed by atoms with van der Waals surface area (Å²) in [5, 5.41) is 17.9. The molecule has 7 nitrogen and oxygen atoms in total. The number of aromatic nitrogens is 4. The number of carbonyl (C=O) groups is 1. The molecule has 0 spiro atoms. The third kappa shape index (κ3) is 2.97. The predicted octanol–water partition coefficient (Wildman–Crippen LogP) is 1.61. The van der Waals surface area contributed by atoms with E-state index in [1.54, 1.807) is 6.20 Å². The predicted molar refractivity (Wildman–Crippen MR) is 92.0 cm³/mol. The van der Waals surface area contributed by atoms with Gasteiger partial charge in [-0.1, -0.05) is 0 Å². The summed E-state index contributed by atoms with van der Waals surface area (Å²) in [4.78, 5) is 19.0. The van der Waals surface area contributed by atoms with Gasteiger partial charge in [0.05, 0.1) is 0 Å². The number of nitrogens with one attached hydrogen (secondary N) is 1. The summed E-state index contributed by atoms with van der Waals surface area (Å²) in [6.45, 7) is 1.32. The molecule has 4 rings (SSSR count). The van der Waals surface area contributed by atoms with Gasteiger partial charge >= 0.3 is 0 Å². The Kier molecular flexibility index (Phi) is 4.33. The molecule has 134 valence electrons. The SMILES string of the molecule is Cn1ccnc1C(O)C1CCN(C(=O)c2n[nH]c3c2CCCC3)CC1. The number of aryl methyl sites for hydroxylation is 2. The molecule has 1 aliphatic heterocycles. The third-order valence-corrected chi connectivity index (χ3v) is 5.66. The van der Waals surface area contributed by atoms with Gasteiger partial charge in [0.25, 0.3) is 5.91 Å². The van der Waals surface area contributed by atoms with Gasteiger partial charge in [0.15, 0.2) is 5.69 Å². The van der Waals surface area contributed by atoms with Crippen molar-refractivity contribution in [1.29, 1.82) is 0 Å². The first kappa shape index (κ1) is 16.3. The van der Waals surface area contributed by atoms with Gasteiger partial charge in [-0.05, 0) is 44.4 Å². The van der Waals surface area contributed by atoms with Crippen molar-refractivity contribution in [3.63, 3.8) is 0 Å². The van der Waals surface area contributed by atoms with Crippen molar-refractivity contribution in [3.8, 4) is 0 Å². The minimum absolute atomic E-state index is 0.0318. The zero-order valence-corrected chi connectivity index (χ0v) is 14.6. The molecule has 7 heteroatoms. The molecule has 2 aromatic heterocycles. The number of carbonyl (C=O) groups excluding carboxylic acids is 1. The lowest BCUT2D eigenvalue weighted by Crippen LogP contribution is -2.40. The van der Waals surface area contributed by atoms with Crippen LogP contribution in [-0.4, -0.2) is 48.8 Å². The van der Waals surface area contributed by atoms with E-state index in [0.29, 0.717) is 24.6 Å². The minimum atomic E-state index is -0.574. The average Bonchev–Trinajstić information content (AvgIpc) is 3.27. The maximum absolute atomic E-state index is 12.9. The second-order valence-electron chi connectivity index (χ2n) is 7.21. The molecule has 1 amide bonds. The fourth-order valence-corrected chi connectivity index (χ4v) is 4.10. The topological polar surface area (TPSA) is 87.0 Å². The van der Waals surface area contributed by atoms with Gasteiger partial charge < -0.3 is 14.6 Å². The molecule has 1 unspecified atom stereocenters. The number of rotatable bonds is 3. The largest absolute Gasteiger partial charge is 0.385 e. The molecule has 0 bridgehead atoms. The van der Waals surface area contributed by atoms with E-state index < -0.39 is 6.10 Å². The Morgan fingerprint density at radius 2 is 2.08 bits per heavy atom. The number of amides is 1. The molecular weight excluding hydrogens is 318 g/mol. The number of imidazole rings is 1. The van der Waals surface area contributed by atoms with Crippen molar-refractivity contribution < 1.29 is 9.90 Å². The quantitative estimate of drug-likeness (QED) is 0.886. The number of aliphatic hydroxyl groups is 1. The second-order valence-corrected chi connectivity index (χ2v) is 7.21. The third-order valence-electron chi connectivity index (χ3n) is 5.66. The molecule has 2 aliphatic rings. The van der Waals surface area contributed by atoms with Gasteiger partial charge in [-0.15, -0.1) is 0 Å². The summed E-state index contributed by atoms with van der Waals surface area (Å²) in [7, 11) is 1.89. The number of H-pyrrole nitrogens is 1. The zero-order valence-electron chi connectivity index (χ0n) is 14.6. The van der Waals surface area contributed by atoms with E-state index in [1.165, 1.54) is 6.42 Å². The first-order valence-electron chi connectivity index (χ1n) is 9.16. The summed E-state index contributed by atoms with van der Waals surface area (Å²) >= 11 is 0. The van der Waals surface area contributed by atoms with Crippen molar-refractivity contribution in [2.24, 2.45) is 13.0 Å². The highest BCUT2D eigenvalue weighted by molar-refractivity contribution is 5.94. The summed E-state index contributed by atoms with van der Waals surface area (Å²) in [6.07, 6.45) is 8.78. The molecule has 2 aromatic rings. The molecule has 0 saturated carbocycles. The summed E-state index contributed by atoms with van der Waals surface area (Å²) in [6, 6.07) is 0. The number of piperidine rings is 1. The zero-order chi connectivity index (χ0) is 17.4. The number of likely N-dealkylation sites (tertiary alicyclic amines) is 1. The first-order chi connectivity index (χ1) is 12.1. The number of nitrogens with zero attached hydrogens (tertiary/aromatic N) is 4. The van der Waals surface area contributed by atoms with Crippen LogP contribution < -0.4 is 0 Å². The highest BCUT2D eigenvalue weighted by Crippen LogP contribution is 2.31. The summed E-state index contributed by atoms with van der Waals surface area (Å²) < 4.78 is 1.86. The molecule has 2 N–H and O–H groups in total. The Morgan fingerprint density at radius 3 is 2.80 bits per heavy atom. The lowest BCUT2D eigenvalue weighted by molar-refractivity contribution is 0.0416. The van der Waals surface area contributed by atoms with Gasteiger partial charge in [-0.25, -0.2) is 4.98 Å². The fraction of sp³-hybridized carbons (Fsp3) is 0.611. The van der Waals surface area contributed by atoms with E-state index in [1.807, 2.05) is 22.7 Å². The van der Waals surface area contributed by atoms with E-state index in [-0.39, 0.29) is 11.8 Å². The molecule has 1 saturated heterocycles. The molecule has 1 aliphatic carbocycles. The maximum Gasteiger partial charge on any atom is 0.274 e. The Labute approximate surface area is 147 Å². The van der Waals surface area contributed by atoms with Crippen molar-refractivity contribution in [2.45, 2.75) is 44.6 Å². The van der Waals surface area contributed by atoms with Crippen LogP contribution in [0.3, 0.4) is 0 Å². The van der Waals surface area contributed by atoms with Crippen LogP contribution in [-0.2, 0) is 19.9 Å². The highest BCUT2D eigenvalue weighted by atomic mass is 16.3. The van der Waals surface area contributed by atoms with Crippen LogP contribution in [0.2, 0.25) is 0 Å². The monoisotopic (exact) mass is 343 g/mol. The molecule has 1 fully saturated rings. The van der Waals surface area contributed by atoms with Crippen molar-refractivity contribution in [1.82, 2.24) is 24.6 Å². The maximum atomic E-state index is 12.9. The Bertz CT molecular complexity index is 757. The van der Waals surface area contributed by atoms with Crippen LogP contribution in [0.5, 0.6) is 0 Å². The van der Waals surface area contributed by atoms with Gasteiger partial charge in [0.2, 0.25) is 0 Å². The molecule has 3 heterocycles. The van der Waals surface area contributed by atoms with E-state index in [9.17, 15) is 9.90 Å². The Hall–Kier alpha value is -2.15. The van der Waals surface area contributed by atoms with Gasteiger partial charge in [0.1, 0.15) is 11.9 Å². The minimum Gasteiger partial charge on any atom is -0.385 e. The number of aliphatic hydroxyl groups excluding tert-OH is 1. The van der Waals surface area contributed by atoms with E-state index in [4.69, 9.17) is 0 Å². The molecule has 25 heavy (non-hydrogen) atoms. The van der Waals surface area contributed by atoms with Crippen molar-refractivity contribution in [3.05, 3.63) is 35.2 Å². The number of hydrogen-bond acceptors (Lipinski definition) is 4. The molecular formula is C18H25N5O2. The van der Waals surface area contributed by atoms with E-state index in [0.717, 1.165) is 43.4 Å². The molecule has 1 atom stereocenters. The van der Waals surface area contributed by atoms with Crippen LogP contribution in [0.4, 0.5) is 0 Å². The molecule has 0 aromatic carbocycles. The van der Waals surface area contributed by atoms with Crippen LogP contribution in [0.15, 0.2) is 12.4 Å². The summed E-state index contributed by atoms with van der Waals surface area (Å²) in [5.41, 5.74) is 2.86. The van der Waals surface area contributed by atoms with Crippen LogP contribution in [0.1, 0.15) is 59.4 Å². The van der Waals surface area contributed by atoms with Gasteiger partial charge in [-0.2, -0.15) is 5.10 Å². The van der Waals surface area contributed by atoms with Crippen molar-refractivity contribution >= 4 is 5.91 Å². The smallest absolute Gasteiger partial charge is 0.274 e. The van der Waals surface area contributed by atoms with Crippen molar-refractivity contribution in [2.75, 3.05) is 13.1 Å². The summed E-state index contributed by atoms with van der Waals surface area (Å²) in [5.74, 6) is 0.869. The molecule has 0 radical (unpaired) electrons. The number of hydrogen-bond donors (Lipinski definition) is 2. The number of fused-ring (bicyclic) bond motifs is 1. The van der Waals surface area contributed by atoms with Crippen LogP contribution in [0, 0.1) is 5.92 Å². The Morgan fingerprint density at radius 1 is 1.32 bits per heavy atom. The highest BCUT2D eigenvalue weighted by Gasteiger charge is 2.32. The van der Waals surface area contributed by atoms with Gasteiger partial charge in [-0.3, -0.25) is 9.89 Å². The van der Waals surface area contributed by atoms with Gasteiger partial charge in [0, 0.05) is 43.8 Å². The fourth-order valence-electron chi connectivity index (χ4n) is 4.10. The lowest BCUT2D eigenvalue weighted by atomic mass is 9.90.